The molecule has 0 bridgehead atoms. The fourth-order valence-electron chi connectivity index (χ4n) is 3.41. The Bertz CT molecular complexity index is 1090. The van der Waals surface area contributed by atoms with Gasteiger partial charge in [0, 0.05) is 24.2 Å². The predicted molar refractivity (Wildman–Crippen MR) is 91.6 cm³/mol. The number of thiazole rings is 1. The van der Waals surface area contributed by atoms with E-state index in [-0.39, 0.29) is 11.8 Å². The van der Waals surface area contributed by atoms with E-state index in [1.165, 1.54) is 11.3 Å². The highest BCUT2D eigenvalue weighted by Crippen LogP contribution is 2.37. The maximum Gasteiger partial charge on any atom is 0.221 e. The van der Waals surface area contributed by atoms with Crippen LogP contribution >= 0.6 is 22.9 Å². The van der Waals surface area contributed by atoms with Gasteiger partial charge in [0.25, 0.3) is 0 Å². The Labute approximate surface area is 145 Å². The van der Waals surface area contributed by atoms with Crippen molar-refractivity contribution in [2.24, 2.45) is 0 Å². The van der Waals surface area contributed by atoms with Gasteiger partial charge in [-0.05, 0) is 12.1 Å². The quantitative estimate of drug-likeness (QED) is 0.569. The highest BCUT2D eigenvalue weighted by atomic mass is 35.5. The minimum Gasteiger partial charge on any atom is -0.350 e. The van der Waals surface area contributed by atoms with Crippen LogP contribution in [0.25, 0.3) is 10.6 Å². The van der Waals surface area contributed by atoms with Crippen molar-refractivity contribution < 1.29 is 4.79 Å². The van der Waals surface area contributed by atoms with Crippen molar-refractivity contribution in [3.8, 4) is 0 Å². The van der Waals surface area contributed by atoms with E-state index < -0.39 is 0 Å². The number of rotatable bonds is 1. The molecule has 1 aliphatic rings. The highest BCUT2D eigenvalue weighted by Gasteiger charge is 2.32. The van der Waals surface area contributed by atoms with E-state index in [0.717, 1.165) is 27.7 Å². The van der Waals surface area contributed by atoms with Gasteiger partial charge in [0.15, 0.2) is 10.1 Å². The molecule has 4 aromatic heterocycles. The number of carbonyl (C=O) groups excluding carboxylic acids is 1. The van der Waals surface area contributed by atoms with Crippen LogP contribution in [0.2, 0.25) is 5.15 Å². The Hall–Kier alpha value is -2.38. The van der Waals surface area contributed by atoms with Crippen molar-refractivity contribution in [1.82, 2.24) is 24.1 Å². The molecule has 1 aliphatic heterocycles. The van der Waals surface area contributed by atoms with E-state index in [1.54, 1.807) is 0 Å². The molecule has 0 fully saturated rings. The first kappa shape index (κ1) is 14.0. The Morgan fingerprint density at radius 3 is 3.04 bits per heavy atom. The molecule has 0 saturated heterocycles. The number of hydrogen-bond donors (Lipinski definition) is 1. The van der Waals surface area contributed by atoms with E-state index in [2.05, 4.69) is 15.3 Å². The molecule has 0 unspecified atom stereocenters. The third-order valence-corrected chi connectivity index (χ3v) is 5.43. The van der Waals surface area contributed by atoms with Crippen LogP contribution in [0.1, 0.15) is 29.4 Å². The van der Waals surface area contributed by atoms with Crippen LogP contribution < -0.4 is 5.32 Å². The minimum atomic E-state index is -0.197. The Kier molecular flexibility index (Phi) is 2.95. The van der Waals surface area contributed by atoms with Crippen LogP contribution in [0.4, 0.5) is 0 Å². The lowest BCUT2D eigenvalue weighted by Crippen LogP contribution is -2.22. The second-order valence-electron chi connectivity index (χ2n) is 5.75. The standard InChI is InChI=1S/C16H12ClN5OS/c17-15-14(22-5-6-24-16(22)20-15)9-7-12(23)18-8-10-13(9)21-4-2-1-3-11(21)19-10/h1-6,9H,7-8H2,(H,18,23)/t9-/m0/s1. The van der Waals surface area contributed by atoms with Crippen LogP contribution in [-0.2, 0) is 11.3 Å². The second kappa shape index (κ2) is 5.06. The number of imidazole rings is 2. The molecular formula is C16H12ClN5OS. The Morgan fingerprint density at radius 1 is 1.21 bits per heavy atom. The van der Waals surface area contributed by atoms with Crippen LogP contribution in [0.5, 0.6) is 0 Å². The van der Waals surface area contributed by atoms with Gasteiger partial charge in [-0.2, -0.15) is 0 Å². The van der Waals surface area contributed by atoms with Crippen molar-refractivity contribution in [3.05, 3.63) is 58.2 Å². The molecule has 0 aliphatic carbocycles. The lowest BCUT2D eigenvalue weighted by Gasteiger charge is -2.15. The first-order valence-corrected chi connectivity index (χ1v) is 8.81. The summed E-state index contributed by atoms with van der Waals surface area (Å²) in [7, 11) is 0. The topological polar surface area (TPSA) is 63.7 Å². The average molecular weight is 358 g/mol. The molecule has 0 radical (unpaired) electrons. The van der Waals surface area contributed by atoms with Gasteiger partial charge in [0.05, 0.1) is 29.5 Å². The molecule has 5 rings (SSSR count). The summed E-state index contributed by atoms with van der Waals surface area (Å²) in [5.74, 6) is -0.207. The number of carbonyl (C=O) groups is 1. The molecule has 1 N–H and O–H groups in total. The molecule has 120 valence electrons. The van der Waals surface area contributed by atoms with Crippen molar-refractivity contribution in [1.29, 1.82) is 0 Å². The molecule has 0 saturated carbocycles. The van der Waals surface area contributed by atoms with Gasteiger partial charge in [0.1, 0.15) is 5.65 Å². The fourth-order valence-corrected chi connectivity index (χ4v) is 4.49. The van der Waals surface area contributed by atoms with Gasteiger partial charge in [-0.15, -0.1) is 11.3 Å². The maximum absolute atomic E-state index is 12.3. The summed E-state index contributed by atoms with van der Waals surface area (Å²) < 4.78 is 4.02. The molecule has 24 heavy (non-hydrogen) atoms. The van der Waals surface area contributed by atoms with Crippen molar-refractivity contribution in [2.75, 3.05) is 0 Å². The maximum atomic E-state index is 12.3. The van der Waals surface area contributed by atoms with Crippen molar-refractivity contribution in [2.45, 2.75) is 18.9 Å². The first-order chi connectivity index (χ1) is 11.7. The van der Waals surface area contributed by atoms with E-state index in [4.69, 9.17) is 11.6 Å². The molecule has 0 spiro atoms. The van der Waals surface area contributed by atoms with Gasteiger partial charge in [-0.25, -0.2) is 9.97 Å². The van der Waals surface area contributed by atoms with Gasteiger partial charge < -0.3 is 9.72 Å². The number of aromatic nitrogens is 4. The SMILES string of the molecule is O=C1C[C@H](c2c(Cl)nc3sccn23)c2c(nc3ccccn23)CN1. The van der Waals surface area contributed by atoms with Crippen LogP contribution in [0.15, 0.2) is 36.0 Å². The van der Waals surface area contributed by atoms with Crippen LogP contribution in [0.3, 0.4) is 0 Å². The third kappa shape index (κ3) is 1.91. The van der Waals surface area contributed by atoms with Gasteiger partial charge in [-0.3, -0.25) is 9.20 Å². The molecule has 6 nitrogen and oxygen atoms in total. The van der Waals surface area contributed by atoms with E-state index >= 15 is 0 Å². The fraction of sp³-hybridized carbons (Fsp3) is 0.188. The number of amides is 1. The molecule has 8 heteroatoms. The summed E-state index contributed by atoms with van der Waals surface area (Å²) in [4.78, 5) is 22.2. The van der Waals surface area contributed by atoms with E-state index in [0.29, 0.717) is 18.1 Å². The number of nitrogens with one attached hydrogen (secondary N) is 1. The summed E-state index contributed by atoms with van der Waals surface area (Å²) in [5, 5.41) is 5.34. The van der Waals surface area contributed by atoms with Crippen LogP contribution in [0, 0.1) is 0 Å². The zero-order valence-electron chi connectivity index (χ0n) is 12.4. The number of fused-ring (bicyclic) bond motifs is 4. The van der Waals surface area contributed by atoms with Crippen molar-refractivity contribution >= 4 is 39.5 Å². The lowest BCUT2D eigenvalue weighted by atomic mass is 9.96. The normalized spacial score (nSPS) is 17.9. The van der Waals surface area contributed by atoms with Crippen LogP contribution in [-0.4, -0.2) is 24.7 Å². The number of nitrogens with zero attached hydrogens (tertiary/aromatic N) is 4. The predicted octanol–water partition coefficient (Wildman–Crippen LogP) is 2.85. The van der Waals surface area contributed by atoms with Gasteiger partial charge >= 0.3 is 0 Å². The lowest BCUT2D eigenvalue weighted by molar-refractivity contribution is -0.121. The first-order valence-electron chi connectivity index (χ1n) is 7.56. The van der Waals surface area contributed by atoms with E-state index in [9.17, 15) is 4.79 Å². The van der Waals surface area contributed by atoms with Gasteiger partial charge in [-0.1, -0.05) is 17.7 Å². The van der Waals surface area contributed by atoms with Gasteiger partial charge in [0.2, 0.25) is 5.91 Å². The minimum absolute atomic E-state index is 0.0103. The number of hydrogen-bond acceptors (Lipinski definition) is 4. The summed E-state index contributed by atoms with van der Waals surface area (Å²) >= 11 is 7.97. The third-order valence-electron chi connectivity index (χ3n) is 4.40. The van der Waals surface area contributed by atoms with Crippen molar-refractivity contribution in [3.63, 3.8) is 0 Å². The molecule has 4 aromatic rings. The number of pyridine rings is 1. The molecule has 1 amide bonds. The number of halogens is 1. The summed E-state index contributed by atoms with van der Waals surface area (Å²) in [5.41, 5.74) is 3.58. The second-order valence-corrected chi connectivity index (χ2v) is 6.98. The zero-order valence-corrected chi connectivity index (χ0v) is 14.0. The Morgan fingerprint density at radius 2 is 2.12 bits per heavy atom. The summed E-state index contributed by atoms with van der Waals surface area (Å²) in [6.07, 6.45) is 4.24. The highest BCUT2D eigenvalue weighted by molar-refractivity contribution is 7.15. The largest absolute Gasteiger partial charge is 0.350 e. The van der Waals surface area contributed by atoms with E-state index in [1.807, 2.05) is 44.8 Å². The summed E-state index contributed by atoms with van der Waals surface area (Å²) in [6.45, 7) is 0.426. The smallest absolute Gasteiger partial charge is 0.221 e. The monoisotopic (exact) mass is 357 g/mol. The molecule has 5 heterocycles. The zero-order chi connectivity index (χ0) is 16.3. The molecule has 1 atom stereocenters. The Balaban J connectivity index is 1.83. The average Bonchev–Trinajstić information content (AvgIpc) is 3.20. The summed E-state index contributed by atoms with van der Waals surface area (Å²) in [6, 6.07) is 5.88. The molecular weight excluding hydrogens is 346 g/mol. The molecule has 0 aromatic carbocycles.